The number of esters is 1. The van der Waals surface area contributed by atoms with E-state index in [2.05, 4.69) is 13.0 Å². The van der Waals surface area contributed by atoms with Crippen LogP contribution in [-0.4, -0.2) is 41.5 Å². The number of piperidine rings is 1. The lowest BCUT2D eigenvalue weighted by atomic mass is 9.86. The summed E-state index contributed by atoms with van der Waals surface area (Å²) >= 11 is 12.3. The molecule has 1 amide bonds. The van der Waals surface area contributed by atoms with E-state index in [4.69, 9.17) is 32.9 Å². The summed E-state index contributed by atoms with van der Waals surface area (Å²) in [5.74, 6) is 0.0134. The summed E-state index contributed by atoms with van der Waals surface area (Å²) in [5, 5.41) is 1.74. The third-order valence-electron chi connectivity index (χ3n) is 7.12. The molecule has 0 radical (unpaired) electrons. The molecule has 36 heavy (non-hydrogen) atoms. The summed E-state index contributed by atoms with van der Waals surface area (Å²) in [7, 11) is 0. The molecular formula is C29H28Cl2N2O3. The number of nitrogens with zero attached hydrogens (tertiary/aromatic N) is 2. The van der Waals surface area contributed by atoms with E-state index in [1.165, 1.54) is 0 Å². The minimum absolute atomic E-state index is 0.136. The molecule has 2 heterocycles. The number of allylic oxidation sites excluding steroid dienone is 1. The first kappa shape index (κ1) is 24.8. The van der Waals surface area contributed by atoms with Gasteiger partial charge in [0.05, 0.1) is 26.8 Å². The van der Waals surface area contributed by atoms with E-state index < -0.39 is 5.97 Å². The lowest BCUT2D eigenvalue weighted by Gasteiger charge is -2.30. The van der Waals surface area contributed by atoms with Crippen LogP contribution in [0.5, 0.6) is 0 Å². The Hall–Kier alpha value is -2.89. The molecule has 2 aliphatic rings. The van der Waals surface area contributed by atoms with Crippen LogP contribution in [0.15, 0.2) is 42.5 Å². The number of benzene rings is 2. The summed E-state index contributed by atoms with van der Waals surface area (Å²) in [6, 6.07) is 13.1. The molecule has 5 nitrogen and oxygen atoms in total. The van der Waals surface area contributed by atoms with Crippen molar-refractivity contribution in [2.45, 2.75) is 39.0 Å². The fourth-order valence-electron chi connectivity index (χ4n) is 5.06. The Morgan fingerprint density at radius 1 is 1.08 bits per heavy atom. The first-order chi connectivity index (χ1) is 17.4. The maximum atomic E-state index is 13.4. The Morgan fingerprint density at radius 3 is 2.64 bits per heavy atom. The number of para-hydroxylation sites is 1. The number of fused-ring (bicyclic) bond motifs is 2. The smallest absolute Gasteiger partial charge is 0.339 e. The van der Waals surface area contributed by atoms with Crippen LogP contribution in [0.25, 0.3) is 22.6 Å². The number of aromatic nitrogens is 1. The molecule has 0 N–H and O–H groups in total. The van der Waals surface area contributed by atoms with Crippen molar-refractivity contribution in [2.24, 2.45) is 5.92 Å². The lowest BCUT2D eigenvalue weighted by molar-refractivity contribution is -0.135. The van der Waals surface area contributed by atoms with E-state index in [0.29, 0.717) is 41.0 Å². The van der Waals surface area contributed by atoms with Gasteiger partial charge in [-0.25, -0.2) is 9.78 Å². The Bertz CT molecular complexity index is 1360. The standard InChI is InChI=1S/C29H28Cl2N2O3/c1-18-11-13-33(14-12-18)26(34)17-36-29(35)27-21-6-2-3-8-25(21)32-28-20(5-4-7-22(27)28)15-19-9-10-23(30)24(31)16-19/h2-3,6,8-10,15-16,18H,4-5,7,11-14,17H2,1H3/b20-15-. The number of pyridine rings is 1. The number of hydrogen-bond acceptors (Lipinski definition) is 4. The van der Waals surface area contributed by atoms with Crippen molar-refractivity contribution in [3.8, 4) is 0 Å². The minimum Gasteiger partial charge on any atom is -0.452 e. The van der Waals surface area contributed by atoms with Gasteiger partial charge in [-0.05, 0) is 79.0 Å². The molecule has 3 aromatic rings. The van der Waals surface area contributed by atoms with Gasteiger partial charge in [0.1, 0.15) is 0 Å². The van der Waals surface area contributed by atoms with Gasteiger partial charge in [0.15, 0.2) is 6.61 Å². The number of carbonyl (C=O) groups excluding carboxylic acids is 2. The molecule has 2 aromatic carbocycles. The van der Waals surface area contributed by atoms with Crippen LogP contribution in [0, 0.1) is 5.92 Å². The van der Waals surface area contributed by atoms with Crippen molar-refractivity contribution >= 4 is 57.6 Å². The molecule has 186 valence electrons. The second-order valence-corrected chi connectivity index (χ2v) is 10.5. The quantitative estimate of drug-likeness (QED) is 0.352. The van der Waals surface area contributed by atoms with Gasteiger partial charge in [-0.15, -0.1) is 0 Å². The fraction of sp³-hybridized carbons (Fsp3) is 0.345. The Kier molecular flexibility index (Phi) is 7.31. The topological polar surface area (TPSA) is 59.5 Å². The predicted octanol–water partition coefficient (Wildman–Crippen LogP) is 6.83. The van der Waals surface area contributed by atoms with Crippen LogP contribution in [0.3, 0.4) is 0 Å². The summed E-state index contributed by atoms with van der Waals surface area (Å²) in [5.41, 5.74) is 4.86. The zero-order valence-electron chi connectivity index (χ0n) is 20.2. The summed E-state index contributed by atoms with van der Waals surface area (Å²) < 4.78 is 5.62. The number of hydrogen-bond donors (Lipinski definition) is 0. The van der Waals surface area contributed by atoms with Crippen molar-refractivity contribution < 1.29 is 14.3 Å². The molecular weight excluding hydrogens is 495 g/mol. The average molecular weight is 523 g/mol. The highest BCUT2D eigenvalue weighted by Crippen LogP contribution is 2.37. The molecule has 1 saturated heterocycles. The van der Waals surface area contributed by atoms with Gasteiger partial charge in [-0.3, -0.25) is 4.79 Å². The maximum absolute atomic E-state index is 13.4. The van der Waals surface area contributed by atoms with Crippen molar-refractivity contribution in [1.82, 2.24) is 9.88 Å². The van der Waals surface area contributed by atoms with Crippen molar-refractivity contribution in [2.75, 3.05) is 19.7 Å². The molecule has 1 aliphatic carbocycles. The summed E-state index contributed by atoms with van der Waals surface area (Å²) in [6.45, 7) is 3.39. The number of ether oxygens (including phenoxy) is 1. The minimum atomic E-state index is -0.473. The molecule has 0 atom stereocenters. The predicted molar refractivity (Wildman–Crippen MR) is 144 cm³/mol. The molecule has 1 fully saturated rings. The van der Waals surface area contributed by atoms with Crippen molar-refractivity contribution in [3.05, 3.63) is 74.9 Å². The Balaban J connectivity index is 1.48. The first-order valence-corrected chi connectivity index (χ1v) is 13.2. The third kappa shape index (κ3) is 5.14. The van der Waals surface area contributed by atoms with E-state index in [9.17, 15) is 9.59 Å². The van der Waals surface area contributed by atoms with E-state index in [1.807, 2.05) is 36.4 Å². The largest absolute Gasteiger partial charge is 0.452 e. The molecule has 0 saturated carbocycles. The second kappa shape index (κ2) is 10.6. The average Bonchev–Trinajstić information content (AvgIpc) is 2.88. The van der Waals surface area contributed by atoms with Crippen LogP contribution in [0.2, 0.25) is 10.0 Å². The molecule has 5 rings (SSSR count). The van der Waals surface area contributed by atoms with Crippen LogP contribution in [0.1, 0.15) is 59.8 Å². The number of rotatable bonds is 4. The molecule has 7 heteroatoms. The lowest BCUT2D eigenvalue weighted by Crippen LogP contribution is -2.40. The first-order valence-electron chi connectivity index (χ1n) is 12.4. The zero-order valence-corrected chi connectivity index (χ0v) is 21.7. The summed E-state index contributed by atoms with van der Waals surface area (Å²) in [4.78, 5) is 32.9. The van der Waals surface area contributed by atoms with Gasteiger partial charge in [-0.1, -0.05) is 54.4 Å². The van der Waals surface area contributed by atoms with Gasteiger partial charge in [0.25, 0.3) is 5.91 Å². The number of halogens is 2. The molecule has 0 unspecified atom stereocenters. The Labute approximate surface area is 221 Å². The molecule has 1 aromatic heterocycles. The van der Waals surface area contributed by atoms with Crippen LogP contribution in [0.4, 0.5) is 0 Å². The van der Waals surface area contributed by atoms with Crippen molar-refractivity contribution in [3.63, 3.8) is 0 Å². The normalized spacial score (nSPS) is 17.3. The van der Waals surface area contributed by atoms with E-state index >= 15 is 0 Å². The van der Waals surface area contributed by atoms with Gasteiger partial charge in [0.2, 0.25) is 0 Å². The van der Waals surface area contributed by atoms with Crippen LogP contribution >= 0.6 is 23.2 Å². The number of likely N-dealkylation sites (tertiary alicyclic amines) is 1. The monoisotopic (exact) mass is 522 g/mol. The van der Waals surface area contributed by atoms with Gasteiger partial charge in [0, 0.05) is 18.5 Å². The molecule has 1 aliphatic heterocycles. The molecule has 0 spiro atoms. The highest BCUT2D eigenvalue weighted by Gasteiger charge is 2.27. The zero-order chi connectivity index (χ0) is 25.2. The Morgan fingerprint density at radius 2 is 1.86 bits per heavy atom. The fourth-order valence-corrected chi connectivity index (χ4v) is 5.37. The molecule has 0 bridgehead atoms. The van der Waals surface area contributed by atoms with E-state index in [0.717, 1.165) is 59.0 Å². The van der Waals surface area contributed by atoms with Crippen molar-refractivity contribution in [1.29, 1.82) is 0 Å². The number of carbonyl (C=O) groups is 2. The summed E-state index contributed by atoms with van der Waals surface area (Å²) in [6.07, 6.45) is 6.45. The highest BCUT2D eigenvalue weighted by atomic mass is 35.5. The van der Waals surface area contributed by atoms with E-state index in [-0.39, 0.29) is 12.5 Å². The van der Waals surface area contributed by atoms with Gasteiger partial charge >= 0.3 is 5.97 Å². The highest BCUT2D eigenvalue weighted by molar-refractivity contribution is 6.42. The maximum Gasteiger partial charge on any atom is 0.339 e. The SMILES string of the molecule is CC1CCN(C(=O)COC(=O)c2c3c(nc4ccccc24)/C(=C\c2ccc(Cl)c(Cl)c2)CCC3)CC1. The van der Waals surface area contributed by atoms with Crippen LogP contribution < -0.4 is 0 Å². The van der Waals surface area contributed by atoms with Gasteiger partial charge < -0.3 is 9.64 Å². The second-order valence-electron chi connectivity index (χ2n) is 9.67. The van der Waals surface area contributed by atoms with Gasteiger partial charge in [-0.2, -0.15) is 0 Å². The third-order valence-corrected chi connectivity index (χ3v) is 7.86. The van der Waals surface area contributed by atoms with E-state index in [1.54, 1.807) is 11.0 Å². The number of amides is 1. The van der Waals surface area contributed by atoms with Crippen LogP contribution in [-0.2, 0) is 16.0 Å².